The Hall–Kier alpha value is -0.120. The van der Waals surface area contributed by atoms with Crippen molar-refractivity contribution in [3.05, 3.63) is 0 Å². The van der Waals surface area contributed by atoms with Crippen molar-refractivity contribution in [2.75, 3.05) is 20.3 Å². The molecule has 0 aliphatic heterocycles. The topological polar surface area (TPSA) is 47.3 Å². The molecule has 0 radical (unpaired) electrons. The lowest BCUT2D eigenvalue weighted by Gasteiger charge is -2.37. The third-order valence-corrected chi connectivity index (χ3v) is 3.60. The zero-order chi connectivity index (χ0) is 11.1. The maximum absolute atomic E-state index is 5.88. The summed E-state index contributed by atoms with van der Waals surface area (Å²) in [7, 11) is 1.75. The number of hydrogen-bond acceptors (Lipinski definition) is 3. The summed E-state index contributed by atoms with van der Waals surface area (Å²) in [6, 6.07) is 0.650. The monoisotopic (exact) mass is 214 g/mol. The van der Waals surface area contributed by atoms with E-state index in [1.165, 1.54) is 32.1 Å². The third-order valence-electron chi connectivity index (χ3n) is 3.60. The van der Waals surface area contributed by atoms with Crippen LogP contribution < -0.4 is 11.1 Å². The first kappa shape index (κ1) is 12.9. The smallest absolute Gasteiger partial charge is 0.0656 e. The second-order valence-electron chi connectivity index (χ2n) is 4.75. The Kier molecular flexibility index (Phi) is 5.58. The normalized spacial score (nSPS) is 22.6. The molecule has 1 atom stereocenters. The molecule has 0 saturated heterocycles. The van der Waals surface area contributed by atoms with Crippen LogP contribution in [0.1, 0.15) is 45.4 Å². The minimum absolute atomic E-state index is 0.00322. The van der Waals surface area contributed by atoms with Crippen molar-refractivity contribution in [2.45, 2.75) is 57.0 Å². The lowest BCUT2D eigenvalue weighted by atomic mass is 9.90. The van der Waals surface area contributed by atoms with Crippen molar-refractivity contribution in [1.82, 2.24) is 5.32 Å². The summed E-state index contributed by atoms with van der Waals surface area (Å²) in [4.78, 5) is 0. The number of rotatable bonds is 6. The fraction of sp³-hybridized carbons (Fsp3) is 1.00. The van der Waals surface area contributed by atoms with Crippen LogP contribution in [0.15, 0.2) is 0 Å². The van der Waals surface area contributed by atoms with E-state index < -0.39 is 0 Å². The van der Waals surface area contributed by atoms with Crippen molar-refractivity contribution in [2.24, 2.45) is 5.73 Å². The Morgan fingerprint density at radius 3 is 2.47 bits per heavy atom. The molecule has 1 unspecified atom stereocenters. The summed E-state index contributed by atoms with van der Waals surface area (Å²) in [5, 5.41) is 3.72. The van der Waals surface area contributed by atoms with Crippen LogP contribution in [0.5, 0.6) is 0 Å². The molecule has 0 aromatic rings. The van der Waals surface area contributed by atoms with Crippen LogP contribution in [-0.4, -0.2) is 31.8 Å². The van der Waals surface area contributed by atoms with Crippen LogP contribution in [0, 0.1) is 0 Å². The predicted octanol–water partition coefficient (Wildman–Crippen LogP) is 1.66. The molecule has 0 amide bonds. The highest BCUT2D eigenvalue weighted by Gasteiger charge is 2.29. The second-order valence-corrected chi connectivity index (χ2v) is 4.75. The fourth-order valence-electron chi connectivity index (χ4n) is 2.46. The van der Waals surface area contributed by atoms with Crippen LogP contribution in [0.25, 0.3) is 0 Å². The molecule has 15 heavy (non-hydrogen) atoms. The van der Waals surface area contributed by atoms with Gasteiger partial charge in [0.25, 0.3) is 0 Å². The number of nitrogens with two attached hydrogens (primary N) is 1. The Bertz CT molecular complexity index is 163. The molecule has 1 rings (SSSR count). The molecular weight excluding hydrogens is 188 g/mol. The van der Waals surface area contributed by atoms with Gasteiger partial charge in [-0.15, -0.1) is 0 Å². The summed E-state index contributed by atoms with van der Waals surface area (Å²) >= 11 is 0. The molecule has 3 nitrogen and oxygen atoms in total. The first-order valence-corrected chi connectivity index (χ1v) is 6.23. The van der Waals surface area contributed by atoms with Gasteiger partial charge in [0, 0.05) is 19.7 Å². The van der Waals surface area contributed by atoms with E-state index in [-0.39, 0.29) is 5.54 Å². The SMILES string of the molecule is CCC(CN)(COC)NC1CCCCC1. The highest BCUT2D eigenvalue weighted by molar-refractivity contribution is 4.91. The maximum atomic E-state index is 5.88. The largest absolute Gasteiger partial charge is 0.383 e. The number of methoxy groups -OCH3 is 1. The van der Waals surface area contributed by atoms with Gasteiger partial charge in [-0.25, -0.2) is 0 Å². The van der Waals surface area contributed by atoms with Gasteiger partial charge >= 0.3 is 0 Å². The summed E-state index contributed by atoms with van der Waals surface area (Å²) in [5.74, 6) is 0. The number of nitrogens with one attached hydrogen (secondary N) is 1. The van der Waals surface area contributed by atoms with E-state index in [0.29, 0.717) is 12.6 Å². The molecule has 1 fully saturated rings. The average Bonchev–Trinajstić information content (AvgIpc) is 2.30. The van der Waals surface area contributed by atoms with Gasteiger partial charge in [0.05, 0.1) is 12.1 Å². The molecular formula is C12H26N2O. The van der Waals surface area contributed by atoms with E-state index in [1.54, 1.807) is 7.11 Å². The summed E-state index contributed by atoms with van der Waals surface area (Å²) in [6.45, 7) is 3.56. The van der Waals surface area contributed by atoms with Crippen LogP contribution in [-0.2, 0) is 4.74 Å². The molecule has 1 aliphatic rings. The van der Waals surface area contributed by atoms with Crippen LogP contribution in [0.4, 0.5) is 0 Å². The summed E-state index contributed by atoms with van der Waals surface area (Å²) in [6.07, 6.45) is 7.74. The highest BCUT2D eigenvalue weighted by Crippen LogP contribution is 2.21. The standard InChI is InChI=1S/C12H26N2O/c1-3-12(9-13,10-15-2)14-11-7-5-4-6-8-11/h11,14H,3-10,13H2,1-2H3. The van der Waals surface area contributed by atoms with Gasteiger partial charge in [0.2, 0.25) is 0 Å². The molecule has 1 aliphatic carbocycles. The zero-order valence-electron chi connectivity index (χ0n) is 10.2. The molecule has 0 bridgehead atoms. The minimum Gasteiger partial charge on any atom is -0.383 e. The van der Waals surface area contributed by atoms with Gasteiger partial charge in [-0.1, -0.05) is 26.2 Å². The van der Waals surface area contributed by atoms with Gasteiger partial charge in [-0.05, 0) is 19.3 Å². The molecule has 1 saturated carbocycles. The molecule has 0 spiro atoms. The van der Waals surface area contributed by atoms with E-state index in [2.05, 4.69) is 12.2 Å². The lowest BCUT2D eigenvalue weighted by molar-refractivity contribution is 0.0960. The van der Waals surface area contributed by atoms with Gasteiger partial charge < -0.3 is 15.8 Å². The van der Waals surface area contributed by atoms with E-state index in [9.17, 15) is 0 Å². The molecule has 0 aromatic carbocycles. The molecule has 0 heterocycles. The van der Waals surface area contributed by atoms with E-state index in [4.69, 9.17) is 10.5 Å². The van der Waals surface area contributed by atoms with Gasteiger partial charge in [0.15, 0.2) is 0 Å². The first-order valence-electron chi connectivity index (χ1n) is 6.23. The minimum atomic E-state index is -0.00322. The van der Waals surface area contributed by atoms with Crippen molar-refractivity contribution < 1.29 is 4.74 Å². The Morgan fingerprint density at radius 2 is 2.00 bits per heavy atom. The zero-order valence-corrected chi connectivity index (χ0v) is 10.2. The Labute approximate surface area is 93.8 Å². The van der Waals surface area contributed by atoms with Crippen LogP contribution in [0.2, 0.25) is 0 Å². The summed E-state index contributed by atoms with van der Waals surface area (Å²) in [5.41, 5.74) is 5.88. The van der Waals surface area contributed by atoms with Gasteiger partial charge in [-0.3, -0.25) is 0 Å². The van der Waals surface area contributed by atoms with E-state index >= 15 is 0 Å². The number of hydrogen-bond donors (Lipinski definition) is 2. The fourth-order valence-corrected chi connectivity index (χ4v) is 2.46. The Balaban J connectivity index is 2.47. The lowest BCUT2D eigenvalue weighted by Crippen LogP contribution is -2.58. The molecule has 0 aromatic heterocycles. The molecule has 3 N–H and O–H groups in total. The average molecular weight is 214 g/mol. The highest BCUT2D eigenvalue weighted by atomic mass is 16.5. The quantitative estimate of drug-likeness (QED) is 0.707. The summed E-state index contributed by atoms with van der Waals surface area (Å²) < 4.78 is 5.29. The molecule has 3 heteroatoms. The van der Waals surface area contributed by atoms with Gasteiger partial charge in [0.1, 0.15) is 0 Å². The number of ether oxygens (including phenoxy) is 1. The Morgan fingerprint density at radius 1 is 1.33 bits per heavy atom. The van der Waals surface area contributed by atoms with Gasteiger partial charge in [-0.2, -0.15) is 0 Å². The van der Waals surface area contributed by atoms with Crippen LogP contribution in [0.3, 0.4) is 0 Å². The van der Waals surface area contributed by atoms with E-state index in [0.717, 1.165) is 13.0 Å². The maximum Gasteiger partial charge on any atom is 0.0656 e. The molecule has 90 valence electrons. The predicted molar refractivity (Wildman–Crippen MR) is 64.0 cm³/mol. The third kappa shape index (κ3) is 3.74. The van der Waals surface area contributed by atoms with Crippen LogP contribution >= 0.6 is 0 Å². The van der Waals surface area contributed by atoms with Crippen molar-refractivity contribution in [3.63, 3.8) is 0 Å². The van der Waals surface area contributed by atoms with Crippen molar-refractivity contribution >= 4 is 0 Å². The van der Waals surface area contributed by atoms with E-state index in [1.807, 2.05) is 0 Å². The van der Waals surface area contributed by atoms with Crippen molar-refractivity contribution in [3.8, 4) is 0 Å². The van der Waals surface area contributed by atoms with Crippen molar-refractivity contribution in [1.29, 1.82) is 0 Å². The second kappa shape index (κ2) is 6.46. The first-order chi connectivity index (χ1) is 7.26.